The Morgan fingerprint density at radius 1 is 1.16 bits per heavy atom. The largest absolute Gasteiger partial charge is 0.466 e. The molecule has 1 aromatic heterocycles. The van der Waals surface area contributed by atoms with Gasteiger partial charge in [-0.2, -0.15) is 0 Å². The van der Waals surface area contributed by atoms with Crippen LogP contribution in [0.25, 0.3) is 0 Å². The van der Waals surface area contributed by atoms with Crippen LogP contribution in [-0.2, 0) is 30.3 Å². The predicted octanol–water partition coefficient (Wildman–Crippen LogP) is 1.64. The van der Waals surface area contributed by atoms with E-state index in [9.17, 15) is 14.4 Å². The number of hydrogen-bond donors (Lipinski definition) is 0. The number of carbonyl (C=O) groups excluding carboxylic acids is 3. The topological polar surface area (TPSA) is 95.0 Å². The maximum Gasteiger partial charge on any atom is 0.357 e. The molecule has 0 aromatic carbocycles. The lowest BCUT2D eigenvalue weighted by Gasteiger charge is -2.21. The Morgan fingerprint density at radius 3 is 2.52 bits per heavy atom. The van der Waals surface area contributed by atoms with Crippen molar-refractivity contribution in [1.29, 1.82) is 0 Å². The van der Waals surface area contributed by atoms with E-state index < -0.39 is 11.9 Å². The van der Waals surface area contributed by atoms with Gasteiger partial charge in [-0.05, 0) is 13.8 Å². The summed E-state index contributed by atoms with van der Waals surface area (Å²) >= 11 is 1.28. The first-order chi connectivity index (χ1) is 12.0. The monoisotopic (exact) mass is 372 g/mol. The fourth-order valence-electron chi connectivity index (χ4n) is 1.94. The second kappa shape index (κ2) is 11.5. The highest BCUT2D eigenvalue weighted by molar-refractivity contribution is 7.09. The highest BCUT2D eigenvalue weighted by Crippen LogP contribution is 2.14. The fraction of sp³-hybridized carbons (Fsp3) is 0.625. The Hall–Kier alpha value is -2.00. The van der Waals surface area contributed by atoms with Gasteiger partial charge < -0.3 is 19.1 Å². The first-order valence-corrected chi connectivity index (χ1v) is 8.93. The molecule has 0 atom stereocenters. The van der Waals surface area contributed by atoms with Crippen LogP contribution in [0.4, 0.5) is 0 Å². The van der Waals surface area contributed by atoms with Crippen molar-refractivity contribution in [2.45, 2.75) is 33.2 Å². The molecule has 1 rings (SSSR count). The molecular formula is C16H24N2O6S. The van der Waals surface area contributed by atoms with Crippen LogP contribution in [0.1, 0.15) is 42.2 Å². The number of esters is 2. The average molecular weight is 372 g/mol. The third kappa shape index (κ3) is 7.61. The molecule has 0 N–H and O–H groups in total. The molecule has 0 aliphatic heterocycles. The number of aromatic nitrogens is 1. The summed E-state index contributed by atoms with van der Waals surface area (Å²) in [5.41, 5.74) is 0.229. The van der Waals surface area contributed by atoms with Crippen LogP contribution in [-0.4, -0.2) is 61.2 Å². The number of rotatable bonds is 11. The number of carbonyl (C=O) groups is 3. The molecule has 0 spiro atoms. The van der Waals surface area contributed by atoms with E-state index in [4.69, 9.17) is 14.2 Å². The molecule has 1 heterocycles. The van der Waals surface area contributed by atoms with Crippen LogP contribution in [0.2, 0.25) is 0 Å². The predicted molar refractivity (Wildman–Crippen MR) is 91.2 cm³/mol. The fourth-order valence-corrected chi connectivity index (χ4v) is 2.72. The molecule has 0 bridgehead atoms. The maximum atomic E-state index is 12.4. The number of nitrogens with zero attached hydrogens (tertiary/aromatic N) is 2. The zero-order valence-corrected chi connectivity index (χ0v) is 15.6. The first-order valence-electron chi connectivity index (χ1n) is 8.05. The Balaban J connectivity index is 2.67. The molecule has 0 radical (unpaired) electrons. The number of methoxy groups -OCH3 is 1. The number of ether oxygens (including phenoxy) is 3. The summed E-state index contributed by atoms with van der Waals surface area (Å²) in [5, 5.41) is 2.22. The van der Waals surface area contributed by atoms with Gasteiger partial charge in [0, 0.05) is 25.5 Å². The quantitative estimate of drug-likeness (QED) is 0.545. The zero-order valence-electron chi connectivity index (χ0n) is 14.8. The normalized spacial score (nSPS) is 10.4. The molecule has 0 aliphatic carbocycles. The van der Waals surface area contributed by atoms with Crippen molar-refractivity contribution in [3.8, 4) is 0 Å². The molecule has 0 saturated carbocycles. The molecule has 140 valence electrons. The van der Waals surface area contributed by atoms with Crippen LogP contribution in [0, 0.1) is 0 Å². The Bertz CT molecular complexity index is 575. The second-order valence-electron chi connectivity index (χ2n) is 4.96. The Labute approximate surface area is 151 Å². The van der Waals surface area contributed by atoms with Gasteiger partial charge in [-0.25, -0.2) is 9.78 Å². The van der Waals surface area contributed by atoms with Crippen LogP contribution in [0.15, 0.2) is 5.38 Å². The van der Waals surface area contributed by atoms with Gasteiger partial charge in [0.25, 0.3) is 0 Å². The molecule has 0 aliphatic rings. The van der Waals surface area contributed by atoms with Gasteiger partial charge in [-0.1, -0.05) is 0 Å². The maximum absolute atomic E-state index is 12.4. The first kappa shape index (κ1) is 21.0. The van der Waals surface area contributed by atoms with Gasteiger partial charge in [0.05, 0.1) is 32.8 Å². The highest BCUT2D eigenvalue weighted by Gasteiger charge is 2.19. The van der Waals surface area contributed by atoms with Gasteiger partial charge in [0.2, 0.25) is 5.91 Å². The van der Waals surface area contributed by atoms with Gasteiger partial charge in [0.1, 0.15) is 5.01 Å². The number of thiazole rings is 1. The average Bonchev–Trinajstić information content (AvgIpc) is 3.05. The minimum absolute atomic E-state index is 0.0299. The van der Waals surface area contributed by atoms with E-state index in [1.807, 2.05) is 0 Å². The van der Waals surface area contributed by atoms with E-state index in [1.54, 1.807) is 31.2 Å². The van der Waals surface area contributed by atoms with Crippen molar-refractivity contribution in [2.24, 2.45) is 0 Å². The lowest BCUT2D eigenvalue weighted by Crippen LogP contribution is -2.33. The summed E-state index contributed by atoms with van der Waals surface area (Å²) in [6.07, 6.45) is 0.0841. The smallest absolute Gasteiger partial charge is 0.357 e. The standard InChI is InChI=1S/C16H24N2O6S/c1-4-23-15(20)7-6-14(19)18(8-9-22-3)10-13-17-12(11-25-13)16(21)24-5-2/h11H,4-10H2,1-3H3. The molecule has 0 unspecified atom stereocenters. The Kier molecular flexibility index (Phi) is 9.71. The third-order valence-electron chi connectivity index (χ3n) is 3.13. The van der Waals surface area contributed by atoms with Crippen LogP contribution in [0.5, 0.6) is 0 Å². The van der Waals surface area contributed by atoms with Crippen molar-refractivity contribution < 1.29 is 28.6 Å². The molecule has 0 fully saturated rings. The van der Waals surface area contributed by atoms with E-state index in [1.165, 1.54) is 11.3 Å². The van der Waals surface area contributed by atoms with E-state index in [-0.39, 0.29) is 44.2 Å². The molecule has 0 saturated heterocycles. The third-order valence-corrected chi connectivity index (χ3v) is 3.96. The lowest BCUT2D eigenvalue weighted by molar-refractivity contribution is -0.145. The molecule has 9 heteroatoms. The zero-order chi connectivity index (χ0) is 18.7. The van der Waals surface area contributed by atoms with E-state index in [0.29, 0.717) is 18.2 Å². The van der Waals surface area contributed by atoms with Gasteiger partial charge in [0.15, 0.2) is 5.69 Å². The Morgan fingerprint density at radius 2 is 1.88 bits per heavy atom. The lowest BCUT2D eigenvalue weighted by atomic mass is 10.2. The van der Waals surface area contributed by atoms with Crippen molar-refractivity contribution in [3.05, 3.63) is 16.1 Å². The van der Waals surface area contributed by atoms with Gasteiger partial charge in [-0.15, -0.1) is 11.3 Å². The van der Waals surface area contributed by atoms with Gasteiger partial charge in [-0.3, -0.25) is 9.59 Å². The van der Waals surface area contributed by atoms with E-state index in [2.05, 4.69) is 4.98 Å². The number of amides is 1. The van der Waals surface area contributed by atoms with Crippen molar-refractivity contribution in [2.75, 3.05) is 33.5 Å². The SMILES string of the molecule is CCOC(=O)CCC(=O)N(CCOC)Cc1nc(C(=O)OCC)cs1. The summed E-state index contributed by atoms with van der Waals surface area (Å²) in [6, 6.07) is 0. The summed E-state index contributed by atoms with van der Waals surface area (Å²) in [7, 11) is 1.55. The molecular weight excluding hydrogens is 348 g/mol. The van der Waals surface area contributed by atoms with Crippen molar-refractivity contribution >= 4 is 29.2 Å². The van der Waals surface area contributed by atoms with E-state index in [0.717, 1.165) is 0 Å². The summed E-state index contributed by atoms with van der Waals surface area (Å²) in [6.45, 7) is 4.98. The summed E-state index contributed by atoms with van der Waals surface area (Å²) < 4.78 is 14.8. The second-order valence-corrected chi connectivity index (χ2v) is 5.90. The van der Waals surface area contributed by atoms with Crippen LogP contribution >= 0.6 is 11.3 Å². The molecule has 8 nitrogen and oxygen atoms in total. The molecule has 1 amide bonds. The van der Waals surface area contributed by atoms with Crippen LogP contribution in [0.3, 0.4) is 0 Å². The minimum atomic E-state index is -0.484. The number of hydrogen-bond acceptors (Lipinski definition) is 8. The highest BCUT2D eigenvalue weighted by atomic mass is 32.1. The summed E-state index contributed by atoms with van der Waals surface area (Å²) in [5.74, 6) is -1.08. The van der Waals surface area contributed by atoms with E-state index >= 15 is 0 Å². The van der Waals surface area contributed by atoms with Crippen molar-refractivity contribution in [1.82, 2.24) is 9.88 Å². The van der Waals surface area contributed by atoms with Crippen LogP contribution < -0.4 is 0 Å². The van der Waals surface area contributed by atoms with Crippen molar-refractivity contribution in [3.63, 3.8) is 0 Å². The minimum Gasteiger partial charge on any atom is -0.466 e. The molecule has 25 heavy (non-hydrogen) atoms. The van der Waals surface area contributed by atoms with Gasteiger partial charge >= 0.3 is 11.9 Å². The summed E-state index contributed by atoms with van der Waals surface area (Å²) in [4.78, 5) is 41.2. The molecule has 1 aromatic rings.